The molecule has 0 heterocycles. The molecule has 4 aromatic carbocycles. The highest BCUT2D eigenvalue weighted by Gasteiger charge is 2.38. The van der Waals surface area contributed by atoms with E-state index in [2.05, 4.69) is 11.7 Å². The van der Waals surface area contributed by atoms with Gasteiger partial charge in [0.15, 0.2) is 17.5 Å². The summed E-state index contributed by atoms with van der Waals surface area (Å²) in [6, 6.07) is 8.42. The Morgan fingerprint density at radius 1 is 0.652 bits per heavy atom. The Morgan fingerprint density at radius 3 is 1.87 bits per heavy atom. The SMILES string of the molecule is CCCCCC1CCC(c2ccc(-c3cc(F)c(-c4ccc(C(F)(F)Oc5cc(F)c(F)c(F)c5)c(F)c4)c(F)c3)c(F)c2)CC1. The zero-order chi connectivity index (χ0) is 33.2. The van der Waals surface area contributed by atoms with Crippen LogP contribution in [0.15, 0.2) is 60.7 Å². The van der Waals surface area contributed by atoms with Crippen LogP contribution in [0.25, 0.3) is 22.3 Å². The lowest BCUT2D eigenvalue weighted by Crippen LogP contribution is -2.23. The lowest BCUT2D eigenvalue weighted by Gasteiger charge is -2.29. The van der Waals surface area contributed by atoms with Crippen molar-refractivity contribution >= 4 is 0 Å². The largest absolute Gasteiger partial charge is 0.429 e. The maximum absolute atomic E-state index is 15.3. The standard InChI is InChI=1S/C36H31F9O/c1-2-3-4-5-20-6-8-21(9-7-20)22-10-12-26(28(37)14-22)24-16-30(39)34(31(40)17-24)23-11-13-27(29(38)15-23)36(44,45)46-25-18-32(41)35(43)33(42)19-25/h10-21H,2-9H2,1H3. The summed E-state index contributed by atoms with van der Waals surface area (Å²) >= 11 is 0. The molecule has 0 radical (unpaired) electrons. The Kier molecular flexibility index (Phi) is 10.0. The van der Waals surface area contributed by atoms with Crippen molar-refractivity contribution in [2.45, 2.75) is 70.3 Å². The molecule has 10 heteroatoms. The molecule has 1 aliphatic carbocycles. The van der Waals surface area contributed by atoms with Gasteiger partial charge in [-0.25, -0.2) is 30.7 Å². The van der Waals surface area contributed by atoms with Gasteiger partial charge in [0.25, 0.3) is 0 Å². The van der Waals surface area contributed by atoms with Crippen molar-refractivity contribution in [2.75, 3.05) is 0 Å². The third-order valence-corrected chi connectivity index (χ3v) is 8.66. The summed E-state index contributed by atoms with van der Waals surface area (Å²) in [5.41, 5.74) is -1.90. The van der Waals surface area contributed by atoms with Crippen LogP contribution in [-0.4, -0.2) is 0 Å². The van der Waals surface area contributed by atoms with Crippen LogP contribution < -0.4 is 4.74 Å². The Bertz CT molecular complexity index is 1660. The van der Waals surface area contributed by atoms with Crippen molar-refractivity contribution in [3.63, 3.8) is 0 Å². The number of halogens is 9. The fourth-order valence-electron chi connectivity index (χ4n) is 6.19. The van der Waals surface area contributed by atoms with Gasteiger partial charge >= 0.3 is 6.11 Å². The van der Waals surface area contributed by atoms with Crippen LogP contribution in [0.3, 0.4) is 0 Å². The van der Waals surface area contributed by atoms with Crippen molar-refractivity contribution < 1.29 is 44.3 Å². The molecule has 0 aromatic heterocycles. The first-order valence-electron chi connectivity index (χ1n) is 15.2. The number of ether oxygens (including phenoxy) is 1. The van der Waals surface area contributed by atoms with Crippen LogP contribution in [0, 0.1) is 46.6 Å². The molecule has 0 bridgehead atoms. The maximum atomic E-state index is 15.3. The van der Waals surface area contributed by atoms with Crippen LogP contribution >= 0.6 is 0 Å². The predicted octanol–water partition coefficient (Wildman–Crippen LogP) is 12.0. The summed E-state index contributed by atoms with van der Waals surface area (Å²) in [5, 5.41) is 0. The zero-order valence-electron chi connectivity index (χ0n) is 24.9. The second-order valence-electron chi connectivity index (χ2n) is 11.8. The van der Waals surface area contributed by atoms with Gasteiger partial charge in [-0.05, 0) is 84.5 Å². The van der Waals surface area contributed by atoms with Gasteiger partial charge in [-0.1, -0.05) is 50.8 Å². The molecule has 1 saturated carbocycles. The number of alkyl halides is 2. The molecule has 1 fully saturated rings. The Labute approximate surface area is 261 Å². The average molecular weight is 651 g/mol. The third-order valence-electron chi connectivity index (χ3n) is 8.66. The minimum atomic E-state index is -4.50. The second kappa shape index (κ2) is 13.8. The minimum absolute atomic E-state index is 0.0339. The van der Waals surface area contributed by atoms with Gasteiger partial charge in [-0.3, -0.25) is 0 Å². The molecular formula is C36H31F9O. The van der Waals surface area contributed by atoms with Gasteiger partial charge in [-0.15, -0.1) is 0 Å². The predicted molar refractivity (Wildman–Crippen MR) is 157 cm³/mol. The van der Waals surface area contributed by atoms with E-state index in [1.807, 2.05) is 0 Å². The molecular weight excluding hydrogens is 619 g/mol. The summed E-state index contributed by atoms with van der Waals surface area (Å²) in [6.07, 6.45) is 4.38. The average Bonchev–Trinajstić information content (AvgIpc) is 2.99. The van der Waals surface area contributed by atoms with E-state index in [0.29, 0.717) is 18.1 Å². The Balaban J connectivity index is 1.33. The number of hydrogen-bond acceptors (Lipinski definition) is 1. The molecule has 4 aromatic rings. The van der Waals surface area contributed by atoms with Gasteiger partial charge in [0.1, 0.15) is 29.0 Å². The Hall–Kier alpha value is -3.95. The number of unbranched alkanes of at least 4 members (excludes halogenated alkanes) is 2. The molecule has 46 heavy (non-hydrogen) atoms. The molecule has 244 valence electrons. The highest BCUT2D eigenvalue weighted by Crippen LogP contribution is 2.40. The molecule has 5 rings (SSSR count). The molecule has 0 N–H and O–H groups in total. The molecule has 1 aliphatic rings. The molecule has 1 nitrogen and oxygen atoms in total. The van der Waals surface area contributed by atoms with E-state index in [0.717, 1.165) is 49.4 Å². The first-order valence-corrected chi connectivity index (χ1v) is 15.2. The number of benzene rings is 4. The lowest BCUT2D eigenvalue weighted by molar-refractivity contribution is -0.187. The van der Waals surface area contributed by atoms with Gasteiger partial charge in [-0.2, -0.15) is 8.78 Å². The fraction of sp³-hybridized carbons (Fsp3) is 0.333. The summed E-state index contributed by atoms with van der Waals surface area (Å²) in [5.74, 6) is -10.4. The topological polar surface area (TPSA) is 9.23 Å². The van der Waals surface area contributed by atoms with E-state index >= 15 is 13.2 Å². The molecule has 0 aliphatic heterocycles. The van der Waals surface area contributed by atoms with E-state index < -0.39 is 69.3 Å². The lowest BCUT2D eigenvalue weighted by atomic mass is 9.77. The highest BCUT2D eigenvalue weighted by atomic mass is 19.3. The van der Waals surface area contributed by atoms with Gasteiger partial charge in [0.2, 0.25) is 0 Å². The maximum Gasteiger partial charge on any atom is 0.429 e. The second-order valence-corrected chi connectivity index (χ2v) is 11.8. The van der Waals surface area contributed by atoms with Crippen molar-refractivity contribution in [3.05, 3.63) is 113 Å². The first kappa shape index (κ1) is 33.4. The van der Waals surface area contributed by atoms with Gasteiger partial charge < -0.3 is 4.74 Å². The minimum Gasteiger partial charge on any atom is -0.429 e. The van der Waals surface area contributed by atoms with E-state index in [1.54, 1.807) is 6.07 Å². The van der Waals surface area contributed by atoms with Crippen LogP contribution in [0.1, 0.15) is 75.3 Å². The Morgan fingerprint density at radius 2 is 1.28 bits per heavy atom. The third kappa shape index (κ3) is 7.21. The molecule has 0 unspecified atom stereocenters. The summed E-state index contributed by atoms with van der Waals surface area (Å²) < 4.78 is 134. The summed E-state index contributed by atoms with van der Waals surface area (Å²) in [7, 11) is 0. The number of hydrogen-bond donors (Lipinski definition) is 0. The molecule has 0 saturated heterocycles. The van der Waals surface area contributed by atoms with Crippen molar-refractivity contribution in [2.24, 2.45) is 5.92 Å². The van der Waals surface area contributed by atoms with Crippen molar-refractivity contribution in [1.82, 2.24) is 0 Å². The van der Waals surface area contributed by atoms with Crippen LogP contribution in [0.4, 0.5) is 39.5 Å². The normalized spacial score (nSPS) is 16.9. The zero-order valence-corrected chi connectivity index (χ0v) is 24.9. The highest BCUT2D eigenvalue weighted by molar-refractivity contribution is 5.72. The molecule has 0 atom stereocenters. The smallest absolute Gasteiger partial charge is 0.429 e. The van der Waals surface area contributed by atoms with Crippen LogP contribution in [-0.2, 0) is 6.11 Å². The van der Waals surface area contributed by atoms with Gasteiger partial charge in [0, 0.05) is 17.7 Å². The quantitative estimate of drug-likeness (QED) is 0.0943. The summed E-state index contributed by atoms with van der Waals surface area (Å²) in [4.78, 5) is 0. The molecule has 0 spiro atoms. The van der Waals surface area contributed by atoms with Crippen molar-refractivity contribution in [3.8, 4) is 28.0 Å². The van der Waals surface area contributed by atoms with E-state index in [1.165, 1.54) is 37.8 Å². The van der Waals surface area contributed by atoms with Crippen LogP contribution in [0.5, 0.6) is 5.75 Å². The first-order chi connectivity index (χ1) is 21.9. The van der Waals surface area contributed by atoms with E-state index in [9.17, 15) is 26.3 Å². The van der Waals surface area contributed by atoms with Crippen LogP contribution in [0.2, 0.25) is 0 Å². The van der Waals surface area contributed by atoms with Gasteiger partial charge in [0.05, 0.1) is 11.1 Å². The monoisotopic (exact) mass is 650 g/mol. The summed E-state index contributed by atoms with van der Waals surface area (Å²) in [6.45, 7) is 2.17. The van der Waals surface area contributed by atoms with E-state index in [-0.39, 0.29) is 29.2 Å². The number of rotatable bonds is 10. The molecule has 0 amide bonds. The van der Waals surface area contributed by atoms with Crippen molar-refractivity contribution in [1.29, 1.82) is 0 Å². The fourth-order valence-corrected chi connectivity index (χ4v) is 6.19. The van der Waals surface area contributed by atoms with E-state index in [4.69, 9.17) is 0 Å².